The van der Waals surface area contributed by atoms with Crippen molar-refractivity contribution < 1.29 is 17.0 Å². The first-order valence-electron chi connectivity index (χ1n) is 8.23. The van der Waals surface area contributed by atoms with Crippen LogP contribution in [0.3, 0.4) is 0 Å². The zero-order valence-electron chi connectivity index (χ0n) is 14.0. The molecule has 1 aliphatic rings. The van der Waals surface area contributed by atoms with Crippen molar-refractivity contribution >= 4 is 11.3 Å². The number of nitrogens with zero attached hydrogens (tertiary/aromatic N) is 1. The van der Waals surface area contributed by atoms with E-state index in [0.717, 1.165) is 0 Å². The SMILES string of the molecule is CC(C)c1cccc(C(C)C)c1-[n+]1csc2c1CCCC2.[Cl-]. The number of thiazole rings is 1. The quantitative estimate of drug-likeness (QED) is 0.757. The van der Waals surface area contributed by atoms with E-state index < -0.39 is 0 Å². The highest BCUT2D eigenvalue weighted by Gasteiger charge is 2.29. The third-order valence-corrected chi connectivity index (χ3v) is 5.60. The molecule has 0 N–H and O–H groups in total. The van der Waals surface area contributed by atoms with Crippen LogP contribution < -0.4 is 17.0 Å². The first-order chi connectivity index (χ1) is 10.1. The van der Waals surface area contributed by atoms with Gasteiger partial charge in [-0.05, 0) is 31.1 Å². The molecule has 3 heteroatoms. The third kappa shape index (κ3) is 3.09. The zero-order chi connectivity index (χ0) is 15.0. The second-order valence-corrected chi connectivity index (χ2v) is 7.70. The minimum atomic E-state index is 0. The van der Waals surface area contributed by atoms with Gasteiger partial charge in [-0.2, -0.15) is 4.57 Å². The number of benzene rings is 1. The van der Waals surface area contributed by atoms with Crippen molar-refractivity contribution in [2.45, 2.75) is 65.2 Å². The van der Waals surface area contributed by atoms with Gasteiger partial charge in [0.15, 0.2) is 0 Å². The first-order valence-corrected chi connectivity index (χ1v) is 9.11. The Labute approximate surface area is 144 Å². The molecule has 0 spiro atoms. The molecular weight excluding hydrogens is 310 g/mol. The molecule has 3 rings (SSSR count). The molecular formula is C19H26ClNS. The highest BCUT2D eigenvalue weighted by molar-refractivity contribution is 7.09. The Morgan fingerprint density at radius 3 is 2.14 bits per heavy atom. The highest BCUT2D eigenvalue weighted by atomic mass is 35.5. The molecule has 0 saturated heterocycles. The molecule has 0 unspecified atom stereocenters. The molecule has 0 amide bonds. The Hall–Kier alpha value is -0.860. The van der Waals surface area contributed by atoms with Crippen molar-refractivity contribution in [1.82, 2.24) is 0 Å². The maximum absolute atomic E-state index is 2.52. The van der Waals surface area contributed by atoms with E-state index in [1.807, 2.05) is 11.3 Å². The van der Waals surface area contributed by atoms with Crippen molar-refractivity contribution in [2.24, 2.45) is 0 Å². The van der Waals surface area contributed by atoms with E-state index in [2.05, 4.69) is 56.0 Å². The van der Waals surface area contributed by atoms with Crippen molar-refractivity contribution in [2.75, 3.05) is 0 Å². The van der Waals surface area contributed by atoms with Crippen molar-refractivity contribution in [1.29, 1.82) is 0 Å². The minimum Gasteiger partial charge on any atom is -1.00 e. The Morgan fingerprint density at radius 2 is 1.55 bits per heavy atom. The Bertz CT molecular complexity index is 617. The largest absolute Gasteiger partial charge is 1.00 e. The fourth-order valence-corrected chi connectivity index (χ4v) is 4.46. The van der Waals surface area contributed by atoms with Gasteiger partial charge < -0.3 is 12.4 Å². The topological polar surface area (TPSA) is 3.88 Å². The maximum Gasteiger partial charge on any atom is 0.231 e. The fraction of sp³-hybridized carbons (Fsp3) is 0.526. The number of rotatable bonds is 3. The van der Waals surface area contributed by atoms with Gasteiger partial charge in [-0.3, -0.25) is 0 Å². The molecule has 0 radical (unpaired) electrons. The summed E-state index contributed by atoms with van der Waals surface area (Å²) in [6, 6.07) is 6.85. The van der Waals surface area contributed by atoms with Gasteiger partial charge in [0.25, 0.3) is 0 Å². The second-order valence-electron chi connectivity index (χ2n) is 6.76. The summed E-state index contributed by atoms with van der Waals surface area (Å²) in [4.78, 5) is 1.61. The predicted octanol–water partition coefficient (Wildman–Crippen LogP) is 2.15. The van der Waals surface area contributed by atoms with E-state index in [9.17, 15) is 0 Å². The normalized spacial score (nSPS) is 14.1. The third-order valence-electron chi connectivity index (χ3n) is 4.56. The van der Waals surface area contributed by atoms with E-state index in [0.29, 0.717) is 11.8 Å². The Morgan fingerprint density at radius 1 is 0.955 bits per heavy atom. The number of para-hydroxylation sites is 1. The van der Waals surface area contributed by atoms with Crippen molar-refractivity contribution in [3.63, 3.8) is 0 Å². The molecule has 0 bridgehead atoms. The van der Waals surface area contributed by atoms with E-state index >= 15 is 0 Å². The first kappa shape index (κ1) is 17.5. The molecule has 1 nitrogen and oxygen atoms in total. The number of halogens is 1. The number of fused-ring (bicyclic) bond motifs is 1. The van der Waals surface area contributed by atoms with Gasteiger partial charge in [0, 0.05) is 17.5 Å². The molecule has 1 heterocycles. The van der Waals surface area contributed by atoms with Crippen LogP contribution in [0.5, 0.6) is 0 Å². The van der Waals surface area contributed by atoms with Crippen LogP contribution >= 0.6 is 11.3 Å². The molecule has 0 aliphatic heterocycles. The van der Waals surface area contributed by atoms with E-state index in [1.54, 1.807) is 10.6 Å². The lowest BCUT2D eigenvalue weighted by atomic mass is 9.92. The van der Waals surface area contributed by atoms with Crippen molar-refractivity contribution in [3.8, 4) is 5.69 Å². The van der Waals surface area contributed by atoms with Crippen LogP contribution in [0.1, 0.15) is 74.1 Å². The van der Waals surface area contributed by atoms with Gasteiger partial charge in [0.05, 0.1) is 4.88 Å². The lowest BCUT2D eigenvalue weighted by Gasteiger charge is -2.16. The lowest BCUT2D eigenvalue weighted by Crippen LogP contribution is -3.00. The van der Waals surface area contributed by atoms with Crippen LogP contribution in [0.4, 0.5) is 0 Å². The fourth-order valence-electron chi connectivity index (χ4n) is 3.40. The van der Waals surface area contributed by atoms with Crippen LogP contribution in [0.15, 0.2) is 23.7 Å². The summed E-state index contributed by atoms with van der Waals surface area (Å²) < 4.78 is 2.52. The van der Waals surface area contributed by atoms with Crippen molar-refractivity contribution in [3.05, 3.63) is 45.4 Å². The van der Waals surface area contributed by atoms with Gasteiger partial charge in [-0.25, -0.2) is 0 Å². The minimum absolute atomic E-state index is 0. The summed E-state index contributed by atoms with van der Waals surface area (Å²) in [7, 11) is 0. The summed E-state index contributed by atoms with van der Waals surface area (Å²) in [6.45, 7) is 9.23. The summed E-state index contributed by atoms with van der Waals surface area (Å²) in [5, 5.41) is 0. The van der Waals surface area contributed by atoms with Gasteiger partial charge >= 0.3 is 0 Å². The summed E-state index contributed by atoms with van der Waals surface area (Å²) >= 11 is 1.95. The highest BCUT2D eigenvalue weighted by Crippen LogP contribution is 2.31. The molecule has 120 valence electrons. The van der Waals surface area contributed by atoms with E-state index in [-0.39, 0.29) is 12.4 Å². The van der Waals surface area contributed by atoms with Gasteiger partial charge in [-0.15, -0.1) is 0 Å². The molecule has 1 aromatic carbocycles. The maximum atomic E-state index is 2.52. The standard InChI is InChI=1S/C19H26NS.ClH/c1-13(2)15-8-7-9-16(14(3)4)19(15)20-12-21-18-11-6-5-10-17(18)20;/h7-9,12-14H,5-6,10-11H2,1-4H3;1H/q+1;/p-1. The van der Waals surface area contributed by atoms with Crippen LogP contribution in [-0.4, -0.2) is 0 Å². The number of hydrogen-bond donors (Lipinski definition) is 0. The number of hydrogen-bond acceptors (Lipinski definition) is 1. The number of aryl methyl sites for hydroxylation is 1. The summed E-state index contributed by atoms with van der Waals surface area (Å²) in [5.41, 5.74) is 8.35. The van der Waals surface area contributed by atoms with Gasteiger partial charge in [0.2, 0.25) is 16.9 Å². The van der Waals surface area contributed by atoms with E-state index in [4.69, 9.17) is 0 Å². The summed E-state index contributed by atoms with van der Waals surface area (Å²) in [6.07, 6.45) is 5.21. The molecule has 22 heavy (non-hydrogen) atoms. The summed E-state index contributed by atoms with van der Waals surface area (Å²) in [5.74, 6) is 1.12. The Balaban J connectivity index is 0.00000176. The monoisotopic (exact) mass is 335 g/mol. The molecule has 1 aliphatic carbocycles. The van der Waals surface area contributed by atoms with Crippen LogP contribution in [0.25, 0.3) is 5.69 Å². The van der Waals surface area contributed by atoms with Gasteiger partial charge in [-0.1, -0.05) is 57.2 Å². The average molecular weight is 336 g/mol. The molecule has 0 atom stereocenters. The lowest BCUT2D eigenvalue weighted by molar-refractivity contribution is -0.600. The predicted molar refractivity (Wildman–Crippen MR) is 90.7 cm³/mol. The second kappa shape index (κ2) is 7.14. The molecule has 0 saturated carbocycles. The van der Waals surface area contributed by atoms with E-state index in [1.165, 1.54) is 42.5 Å². The molecule has 2 aromatic rings. The number of aromatic nitrogens is 1. The molecule has 0 fully saturated rings. The average Bonchev–Trinajstić information content (AvgIpc) is 2.90. The Kier molecular flexibility index (Phi) is 5.68. The smallest absolute Gasteiger partial charge is 0.231 e. The zero-order valence-corrected chi connectivity index (χ0v) is 15.6. The van der Waals surface area contributed by atoms with Crippen LogP contribution in [0, 0.1) is 0 Å². The molecule has 1 aromatic heterocycles. The van der Waals surface area contributed by atoms with Gasteiger partial charge in [0.1, 0.15) is 0 Å². The van der Waals surface area contributed by atoms with Crippen LogP contribution in [-0.2, 0) is 12.8 Å². The van der Waals surface area contributed by atoms with Crippen LogP contribution in [0.2, 0.25) is 0 Å².